The van der Waals surface area contributed by atoms with E-state index in [1.807, 2.05) is 13.8 Å². The van der Waals surface area contributed by atoms with Crippen molar-refractivity contribution < 1.29 is 32.8 Å². The molecule has 0 radical (unpaired) electrons. The minimum Gasteiger partial charge on any atom is -0.468 e. The number of aromatic nitrogens is 3. The van der Waals surface area contributed by atoms with Crippen molar-refractivity contribution >= 4 is 27.5 Å². The Morgan fingerprint density at radius 2 is 1.89 bits per heavy atom. The Bertz CT molecular complexity index is 1700. The van der Waals surface area contributed by atoms with E-state index in [4.69, 9.17) is 23.9 Å². The lowest BCUT2D eigenvalue weighted by atomic mass is 9.94. The minimum atomic E-state index is -0.678. The summed E-state index contributed by atoms with van der Waals surface area (Å²) >= 11 is 0. The number of nitrogens with zero attached hydrogens (tertiary/aromatic N) is 4. The summed E-state index contributed by atoms with van der Waals surface area (Å²) in [6, 6.07) is 6.51. The lowest BCUT2D eigenvalue weighted by Crippen LogP contribution is -2.47. The number of anilines is 1. The van der Waals surface area contributed by atoms with Crippen molar-refractivity contribution in [3.63, 3.8) is 0 Å². The van der Waals surface area contributed by atoms with Crippen LogP contribution in [0.5, 0.6) is 11.8 Å². The number of benzene rings is 2. The van der Waals surface area contributed by atoms with Gasteiger partial charge in [-0.05, 0) is 73.6 Å². The second-order valence-corrected chi connectivity index (χ2v) is 12.1. The average molecular weight is 609 g/mol. The van der Waals surface area contributed by atoms with E-state index in [2.05, 4.69) is 14.9 Å². The van der Waals surface area contributed by atoms with Crippen LogP contribution in [0.4, 0.5) is 14.6 Å². The summed E-state index contributed by atoms with van der Waals surface area (Å²) in [5, 5.41) is 11.5. The quantitative estimate of drug-likeness (QED) is 0.211. The molecule has 1 atom stereocenters. The van der Waals surface area contributed by atoms with Crippen LogP contribution in [0.1, 0.15) is 45.1 Å². The SMILES string of the molecule is CCc1c(F)ccc2cc(OCOC)cc(-c3ncc4c(N5CCC[C@@](C)(OC)C5)nc(OCC5(CO)CC5)nc4c3F)c12. The molecule has 2 aliphatic rings. The van der Waals surface area contributed by atoms with Gasteiger partial charge in [0.1, 0.15) is 28.6 Å². The molecule has 1 saturated carbocycles. The highest BCUT2D eigenvalue weighted by Gasteiger charge is 2.43. The van der Waals surface area contributed by atoms with E-state index in [1.165, 1.54) is 13.2 Å². The van der Waals surface area contributed by atoms with E-state index in [1.54, 1.807) is 31.5 Å². The molecule has 9 nitrogen and oxygen atoms in total. The van der Waals surface area contributed by atoms with Gasteiger partial charge >= 0.3 is 6.01 Å². The second kappa shape index (κ2) is 12.0. The van der Waals surface area contributed by atoms with Gasteiger partial charge in [-0.25, -0.2) is 8.78 Å². The Kier molecular flexibility index (Phi) is 8.29. The van der Waals surface area contributed by atoms with Crippen LogP contribution >= 0.6 is 0 Å². The van der Waals surface area contributed by atoms with Gasteiger partial charge in [-0.1, -0.05) is 13.0 Å². The maximum Gasteiger partial charge on any atom is 0.319 e. The van der Waals surface area contributed by atoms with E-state index in [0.717, 1.165) is 25.7 Å². The Morgan fingerprint density at radius 3 is 2.59 bits per heavy atom. The molecular weight excluding hydrogens is 570 g/mol. The highest BCUT2D eigenvalue weighted by atomic mass is 19.1. The number of ether oxygens (including phenoxy) is 4. The van der Waals surface area contributed by atoms with Crippen LogP contribution in [0.15, 0.2) is 30.5 Å². The first-order valence-electron chi connectivity index (χ1n) is 15.0. The van der Waals surface area contributed by atoms with Gasteiger partial charge < -0.3 is 29.0 Å². The highest BCUT2D eigenvalue weighted by Crippen LogP contribution is 2.45. The predicted molar refractivity (Wildman–Crippen MR) is 163 cm³/mol. The van der Waals surface area contributed by atoms with Gasteiger partial charge in [0.05, 0.1) is 24.2 Å². The first-order valence-corrected chi connectivity index (χ1v) is 15.0. The fourth-order valence-electron chi connectivity index (χ4n) is 6.04. The molecule has 1 aliphatic carbocycles. The van der Waals surface area contributed by atoms with E-state index in [0.29, 0.717) is 58.4 Å². The summed E-state index contributed by atoms with van der Waals surface area (Å²) in [7, 11) is 3.20. The average Bonchev–Trinajstić information content (AvgIpc) is 3.83. The molecular formula is C33H38F2N4O5. The Morgan fingerprint density at radius 1 is 1.07 bits per heavy atom. The zero-order valence-electron chi connectivity index (χ0n) is 25.6. The molecule has 2 fully saturated rings. The number of aliphatic hydroxyl groups is 1. The van der Waals surface area contributed by atoms with Crippen molar-refractivity contribution in [2.24, 2.45) is 5.41 Å². The van der Waals surface area contributed by atoms with Crippen molar-refractivity contribution in [1.82, 2.24) is 15.0 Å². The molecule has 6 rings (SSSR count). The van der Waals surface area contributed by atoms with Crippen molar-refractivity contribution in [1.29, 1.82) is 0 Å². The van der Waals surface area contributed by atoms with Gasteiger partial charge in [-0.15, -0.1) is 0 Å². The number of hydrogen-bond acceptors (Lipinski definition) is 9. The summed E-state index contributed by atoms with van der Waals surface area (Å²) in [5.74, 6) is -0.121. The maximum atomic E-state index is 16.9. The molecule has 2 aromatic heterocycles. The number of pyridine rings is 1. The normalized spacial score (nSPS) is 19.5. The molecule has 11 heteroatoms. The molecule has 0 unspecified atom stereocenters. The number of aryl methyl sites for hydroxylation is 1. The molecule has 0 bridgehead atoms. The fraction of sp³-hybridized carbons (Fsp3) is 0.485. The first-order chi connectivity index (χ1) is 21.2. The number of halogens is 2. The molecule has 2 aromatic carbocycles. The second-order valence-electron chi connectivity index (χ2n) is 12.1. The minimum absolute atomic E-state index is 0.000928. The first kappa shape index (κ1) is 30.4. The molecule has 234 valence electrons. The number of piperidine rings is 1. The molecule has 1 N–H and O–H groups in total. The number of methoxy groups -OCH3 is 2. The third-order valence-corrected chi connectivity index (χ3v) is 8.99. The van der Waals surface area contributed by atoms with Crippen LogP contribution in [-0.4, -0.2) is 73.0 Å². The molecule has 0 spiro atoms. The third-order valence-electron chi connectivity index (χ3n) is 8.99. The molecule has 4 aromatic rings. The topological polar surface area (TPSA) is 99.1 Å². The van der Waals surface area contributed by atoms with Gasteiger partial charge in [0, 0.05) is 44.5 Å². The summed E-state index contributed by atoms with van der Waals surface area (Å²) < 4.78 is 54.6. The number of hydrogen-bond donors (Lipinski definition) is 1. The van der Waals surface area contributed by atoms with Gasteiger partial charge in [-0.3, -0.25) is 4.98 Å². The van der Waals surface area contributed by atoms with Crippen LogP contribution in [0, 0.1) is 17.0 Å². The standard InChI is InChI=1S/C33H38F2N4O5/c1-5-22-25(34)8-7-20-13-21(44-19-41-3)14-23(26(20)22)28-27(35)29-24(15-36-28)30(39-12-6-9-32(2,16-39)42-4)38-31(37-29)43-18-33(17-40)10-11-33/h7-8,13-15,40H,5-6,9-12,16-19H2,1-4H3/t32-/m1/s1. The van der Waals surface area contributed by atoms with E-state index >= 15 is 8.78 Å². The van der Waals surface area contributed by atoms with Crippen LogP contribution in [-0.2, 0) is 15.9 Å². The number of aliphatic hydroxyl groups excluding tert-OH is 1. The van der Waals surface area contributed by atoms with Crippen LogP contribution in [0.2, 0.25) is 0 Å². The number of fused-ring (bicyclic) bond motifs is 2. The van der Waals surface area contributed by atoms with Crippen molar-refractivity contribution in [3.05, 3.63) is 47.7 Å². The van der Waals surface area contributed by atoms with Crippen molar-refractivity contribution in [2.45, 2.75) is 51.6 Å². The van der Waals surface area contributed by atoms with Crippen LogP contribution in [0.25, 0.3) is 32.9 Å². The van der Waals surface area contributed by atoms with Crippen LogP contribution < -0.4 is 14.4 Å². The van der Waals surface area contributed by atoms with Gasteiger partial charge in [0.2, 0.25) is 0 Å². The summed E-state index contributed by atoms with van der Waals surface area (Å²) in [6.45, 7) is 5.35. The monoisotopic (exact) mass is 608 g/mol. The van der Waals surface area contributed by atoms with Crippen molar-refractivity contribution in [3.8, 4) is 23.0 Å². The molecule has 3 heterocycles. The summed E-state index contributed by atoms with van der Waals surface area (Å²) in [6.07, 6.45) is 5.40. The summed E-state index contributed by atoms with van der Waals surface area (Å²) in [4.78, 5) is 15.9. The van der Waals surface area contributed by atoms with E-state index < -0.39 is 11.4 Å². The third kappa shape index (κ3) is 5.64. The summed E-state index contributed by atoms with van der Waals surface area (Å²) in [5.41, 5.74) is 0.168. The predicted octanol–water partition coefficient (Wildman–Crippen LogP) is 5.82. The van der Waals surface area contributed by atoms with E-state index in [-0.39, 0.29) is 48.5 Å². The van der Waals surface area contributed by atoms with Gasteiger partial charge in [-0.2, -0.15) is 9.97 Å². The Balaban J connectivity index is 1.54. The zero-order valence-corrected chi connectivity index (χ0v) is 25.6. The van der Waals surface area contributed by atoms with Gasteiger partial charge in [0.15, 0.2) is 12.6 Å². The number of rotatable bonds is 11. The molecule has 1 aliphatic heterocycles. The highest BCUT2D eigenvalue weighted by molar-refractivity contribution is 6.01. The fourth-order valence-corrected chi connectivity index (χ4v) is 6.04. The lowest BCUT2D eigenvalue weighted by Gasteiger charge is -2.40. The van der Waals surface area contributed by atoms with Crippen LogP contribution in [0.3, 0.4) is 0 Å². The Labute approximate surface area is 255 Å². The lowest BCUT2D eigenvalue weighted by molar-refractivity contribution is -0.00479. The van der Waals surface area contributed by atoms with E-state index in [9.17, 15) is 5.11 Å². The molecule has 1 saturated heterocycles. The molecule has 0 amide bonds. The largest absolute Gasteiger partial charge is 0.468 e. The van der Waals surface area contributed by atoms with Crippen molar-refractivity contribution in [2.75, 3.05) is 52.2 Å². The Hall–Kier alpha value is -3.67. The smallest absolute Gasteiger partial charge is 0.319 e. The van der Waals surface area contributed by atoms with Gasteiger partial charge in [0.25, 0.3) is 0 Å². The molecule has 44 heavy (non-hydrogen) atoms. The maximum absolute atomic E-state index is 16.9. The zero-order chi connectivity index (χ0) is 31.1.